The van der Waals surface area contributed by atoms with Crippen LogP contribution in [-0.4, -0.2) is 41.3 Å². The summed E-state index contributed by atoms with van der Waals surface area (Å²) in [5.74, 6) is 1.14. The first-order valence-electron chi connectivity index (χ1n) is 12.2. The molecule has 2 N–H and O–H groups in total. The number of nitrogens with zero attached hydrogens (tertiary/aromatic N) is 3. The van der Waals surface area contributed by atoms with Gasteiger partial charge in [0.15, 0.2) is 5.17 Å². The Morgan fingerprint density at radius 3 is 2.75 bits per heavy atom. The molecule has 1 aromatic carbocycles. The Morgan fingerprint density at radius 2 is 2.06 bits per heavy atom. The molecule has 0 bridgehead atoms. The Morgan fingerprint density at radius 1 is 1.25 bits per heavy atom. The minimum absolute atomic E-state index is 0.118. The smallest absolute Gasteiger partial charge is 0.230 e. The molecule has 0 spiro atoms. The van der Waals surface area contributed by atoms with Crippen LogP contribution in [0.4, 0.5) is 5.13 Å². The Labute approximate surface area is 221 Å². The zero-order chi connectivity index (χ0) is 26.1. The van der Waals surface area contributed by atoms with E-state index < -0.39 is 0 Å². The van der Waals surface area contributed by atoms with Crippen LogP contribution in [-0.2, 0) is 16.0 Å². The number of thioether (sulfide) groups is 1. The minimum Gasteiger partial charge on any atom is -0.497 e. The topological polar surface area (TPSA) is 106 Å². The Kier molecular flexibility index (Phi) is 10.5. The first kappa shape index (κ1) is 27.9. The van der Waals surface area contributed by atoms with Crippen LogP contribution in [0.5, 0.6) is 5.75 Å². The predicted octanol–water partition coefficient (Wildman–Crippen LogP) is 5.54. The second-order valence-electron chi connectivity index (χ2n) is 8.89. The third-order valence-corrected chi connectivity index (χ3v) is 8.60. The molecule has 2 aromatic rings. The van der Waals surface area contributed by atoms with Gasteiger partial charge in [-0.25, -0.2) is 0 Å². The summed E-state index contributed by atoms with van der Waals surface area (Å²) >= 11 is 3.03. The lowest BCUT2D eigenvalue weighted by Crippen LogP contribution is -2.27. The normalized spacial score (nSPS) is 18.9. The zero-order valence-corrected chi connectivity index (χ0v) is 23.2. The second kappa shape index (κ2) is 13.5. The molecule has 0 saturated heterocycles. The number of allylic oxidation sites excluding steroid dienone is 2. The number of aliphatic imine (C=N–C) groups is 1. The largest absolute Gasteiger partial charge is 0.497 e. The van der Waals surface area contributed by atoms with Gasteiger partial charge in [-0.1, -0.05) is 54.1 Å². The molecule has 1 aromatic heterocycles. The average Bonchev–Trinajstić information content (AvgIpc) is 3.34. The molecule has 1 aliphatic carbocycles. The molecule has 1 aliphatic rings. The number of hydrogen-bond acceptors (Lipinski definition) is 8. The van der Waals surface area contributed by atoms with Crippen molar-refractivity contribution in [3.8, 4) is 5.75 Å². The van der Waals surface area contributed by atoms with E-state index in [0.29, 0.717) is 16.2 Å². The summed E-state index contributed by atoms with van der Waals surface area (Å²) < 4.78 is 5.24. The molecule has 2 unspecified atom stereocenters. The van der Waals surface area contributed by atoms with Gasteiger partial charge in [-0.2, -0.15) is 0 Å². The fourth-order valence-electron chi connectivity index (χ4n) is 4.31. The number of nitrogens with one attached hydrogen (secondary N) is 2. The molecule has 2 atom stereocenters. The maximum atomic E-state index is 12.6. The molecule has 1 heterocycles. The minimum atomic E-state index is -0.128. The number of benzene rings is 1. The summed E-state index contributed by atoms with van der Waals surface area (Å²) in [5, 5.41) is 16.5. The van der Waals surface area contributed by atoms with Crippen LogP contribution in [0.1, 0.15) is 69.4 Å². The van der Waals surface area contributed by atoms with E-state index in [1.54, 1.807) is 25.9 Å². The van der Waals surface area contributed by atoms with E-state index in [-0.39, 0.29) is 24.2 Å². The number of methoxy groups -OCH3 is 1. The third-order valence-electron chi connectivity index (χ3n) is 6.22. The first-order valence-corrected chi connectivity index (χ1v) is 13.8. The van der Waals surface area contributed by atoms with Gasteiger partial charge < -0.3 is 15.4 Å². The van der Waals surface area contributed by atoms with E-state index in [1.807, 2.05) is 24.3 Å². The van der Waals surface area contributed by atoms with Gasteiger partial charge in [-0.3, -0.25) is 14.6 Å². The van der Waals surface area contributed by atoms with Gasteiger partial charge >= 0.3 is 0 Å². The van der Waals surface area contributed by atoms with Gasteiger partial charge in [0, 0.05) is 19.9 Å². The number of carbonyl (C=O) groups excluding carboxylic acids is 2. The first-order chi connectivity index (χ1) is 17.3. The quantitative estimate of drug-likeness (QED) is 0.344. The van der Waals surface area contributed by atoms with Crippen molar-refractivity contribution < 1.29 is 14.3 Å². The number of ether oxygens (including phenoxy) is 1. The van der Waals surface area contributed by atoms with E-state index in [9.17, 15) is 9.59 Å². The van der Waals surface area contributed by atoms with E-state index >= 15 is 0 Å². The summed E-state index contributed by atoms with van der Waals surface area (Å²) in [6.07, 6.45) is 5.38. The summed E-state index contributed by atoms with van der Waals surface area (Å²) in [6.45, 7) is 5.82. The highest BCUT2D eigenvalue weighted by molar-refractivity contribution is 8.17. The monoisotopic (exact) mass is 529 g/mol. The molecule has 1 saturated carbocycles. The second-order valence-corrected chi connectivity index (χ2v) is 10.9. The SMILES string of the molecule is CCC(C)=C(SC(=NC)NC(C)=O)C1CCCC(c2nnc(NC(=O)Cc3cccc(OC)c3)s2)C1. The number of amides is 2. The van der Waals surface area contributed by atoms with Crippen molar-refractivity contribution in [2.75, 3.05) is 19.5 Å². The number of hydrogen-bond donors (Lipinski definition) is 2. The molecule has 8 nitrogen and oxygen atoms in total. The maximum absolute atomic E-state index is 12.6. The van der Waals surface area contributed by atoms with Crippen molar-refractivity contribution >= 4 is 45.2 Å². The van der Waals surface area contributed by atoms with Crippen LogP contribution in [0.15, 0.2) is 39.7 Å². The fourth-order valence-corrected chi connectivity index (χ4v) is 6.41. The van der Waals surface area contributed by atoms with Crippen LogP contribution >= 0.6 is 23.1 Å². The van der Waals surface area contributed by atoms with Crippen molar-refractivity contribution in [2.45, 2.75) is 65.2 Å². The molecular weight excluding hydrogens is 494 g/mol. The zero-order valence-electron chi connectivity index (χ0n) is 21.6. The van der Waals surface area contributed by atoms with Crippen molar-refractivity contribution in [3.63, 3.8) is 0 Å². The molecule has 2 amide bonds. The van der Waals surface area contributed by atoms with Crippen molar-refractivity contribution in [2.24, 2.45) is 10.9 Å². The van der Waals surface area contributed by atoms with E-state index in [0.717, 1.165) is 48.4 Å². The highest BCUT2D eigenvalue weighted by Gasteiger charge is 2.30. The average molecular weight is 530 g/mol. The van der Waals surface area contributed by atoms with Gasteiger partial charge in [-0.05, 0) is 61.1 Å². The highest BCUT2D eigenvalue weighted by atomic mass is 32.2. The molecule has 1 fully saturated rings. The molecule has 0 radical (unpaired) electrons. The van der Waals surface area contributed by atoms with Crippen LogP contribution in [0.2, 0.25) is 0 Å². The third kappa shape index (κ3) is 7.89. The Balaban J connectivity index is 1.66. The lowest BCUT2D eigenvalue weighted by molar-refractivity contribution is -0.117. The fraction of sp³-hybridized carbons (Fsp3) is 0.500. The van der Waals surface area contributed by atoms with Gasteiger partial charge in [-0.15, -0.1) is 10.2 Å². The summed E-state index contributed by atoms with van der Waals surface area (Å²) in [5.41, 5.74) is 2.20. The summed E-state index contributed by atoms with van der Waals surface area (Å²) in [7, 11) is 3.31. The summed E-state index contributed by atoms with van der Waals surface area (Å²) in [4.78, 5) is 29.7. The van der Waals surface area contributed by atoms with Crippen LogP contribution in [0.25, 0.3) is 0 Å². The van der Waals surface area contributed by atoms with Gasteiger partial charge in [0.25, 0.3) is 0 Å². The molecule has 0 aliphatic heterocycles. The van der Waals surface area contributed by atoms with E-state index in [2.05, 4.69) is 39.7 Å². The Bertz CT molecular complexity index is 1130. The van der Waals surface area contributed by atoms with Gasteiger partial charge in [0.05, 0.1) is 13.5 Å². The lowest BCUT2D eigenvalue weighted by Gasteiger charge is -2.30. The number of amidine groups is 1. The number of anilines is 1. The van der Waals surface area contributed by atoms with Crippen molar-refractivity contribution in [1.82, 2.24) is 15.5 Å². The standard InChI is InChI=1S/C26H35N5O3S2/c1-6-16(2)23(35-25(27-4)28-17(3)32)19-10-8-11-20(15-19)24-30-31-26(36-24)29-22(33)14-18-9-7-12-21(13-18)34-5/h7,9,12-13,19-20H,6,8,10-11,14-15H2,1-5H3,(H,27,28,32)(H,29,31,33). The van der Waals surface area contributed by atoms with Crippen LogP contribution < -0.4 is 15.4 Å². The number of aromatic nitrogens is 2. The van der Waals surface area contributed by atoms with Gasteiger partial charge in [0.1, 0.15) is 10.8 Å². The van der Waals surface area contributed by atoms with E-state index in [4.69, 9.17) is 4.74 Å². The Hall–Kier alpha value is -2.72. The van der Waals surface area contributed by atoms with Crippen LogP contribution in [0, 0.1) is 5.92 Å². The number of rotatable bonds is 8. The van der Waals surface area contributed by atoms with Crippen molar-refractivity contribution in [1.29, 1.82) is 0 Å². The van der Waals surface area contributed by atoms with Gasteiger partial charge in [0.2, 0.25) is 16.9 Å². The van der Waals surface area contributed by atoms with E-state index in [1.165, 1.54) is 28.7 Å². The predicted molar refractivity (Wildman–Crippen MR) is 148 cm³/mol. The molecule has 36 heavy (non-hydrogen) atoms. The molecule has 3 rings (SSSR count). The maximum Gasteiger partial charge on any atom is 0.230 e. The van der Waals surface area contributed by atoms with Crippen molar-refractivity contribution in [3.05, 3.63) is 45.3 Å². The van der Waals surface area contributed by atoms with Crippen LogP contribution in [0.3, 0.4) is 0 Å². The lowest BCUT2D eigenvalue weighted by atomic mass is 9.80. The highest BCUT2D eigenvalue weighted by Crippen LogP contribution is 2.45. The molecular formula is C26H35N5O3S2. The molecule has 194 valence electrons. The summed E-state index contributed by atoms with van der Waals surface area (Å²) in [6, 6.07) is 7.48. The number of carbonyl (C=O) groups is 2. The molecule has 10 heteroatoms.